The summed E-state index contributed by atoms with van der Waals surface area (Å²) in [7, 11) is 0. The van der Waals surface area contributed by atoms with Crippen molar-refractivity contribution in [2.24, 2.45) is 5.92 Å². The second kappa shape index (κ2) is 6.36. The summed E-state index contributed by atoms with van der Waals surface area (Å²) < 4.78 is 7.15. The normalized spacial score (nSPS) is 39.0. The van der Waals surface area contributed by atoms with Gasteiger partial charge in [-0.25, -0.2) is 0 Å². The molecule has 0 spiro atoms. The molecule has 1 amide bonds. The van der Waals surface area contributed by atoms with Crippen molar-refractivity contribution in [3.8, 4) is 5.75 Å². The topological polar surface area (TPSA) is 53.0 Å². The second-order valence-electron chi connectivity index (χ2n) is 10.4. The van der Waals surface area contributed by atoms with Crippen LogP contribution in [-0.4, -0.2) is 64.2 Å². The van der Waals surface area contributed by atoms with Gasteiger partial charge in [-0.2, -0.15) is 0 Å². The molecule has 0 radical (unpaired) electrons. The van der Waals surface area contributed by atoms with Gasteiger partial charge in [-0.15, -0.1) is 0 Å². The van der Waals surface area contributed by atoms with E-state index in [1.807, 2.05) is 42.5 Å². The molecule has 5 aliphatic rings. The molecule has 6 atom stereocenters. The first-order valence-corrected chi connectivity index (χ1v) is 12.2. The number of nitrogens with zero attached hydrogens (tertiary/aromatic N) is 2. The van der Waals surface area contributed by atoms with Gasteiger partial charge in [0.1, 0.15) is 5.75 Å². The third-order valence-corrected chi connectivity index (χ3v) is 9.54. The molecule has 3 aliphatic heterocycles. The lowest BCUT2D eigenvalue weighted by Crippen LogP contribution is -2.74. The largest absolute Gasteiger partial charge is 0.508 e. The molecule has 3 saturated heterocycles. The van der Waals surface area contributed by atoms with Crippen LogP contribution in [0.25, 0.3) is 0 Å². The number of aromatic hydroxyl groups is 1. The third-order valence-electron chi connectivity index (χ3n) is 9.54. The number of carbonyl (C=O) groups is 1. The van der Waals surface area contributed by atoms with E-state index in [-0.39, 0.29) is 29.1 Å². The van der Waals surface area contributed by atoms with E-state index < -0.39 is 0 Å². The molecular weight excluding hydrogens is 400 g/mol. The van der Waals surface area contributed by atoms with Gasteiger partial charge in [-0.3, -0.25) is 9.69 Å². The quantitative estimate of drug-likeness (QED) is 0.794. The molecule has 5 nitrogen and oxygen atoms in total. The highest BCUT2D eigenvalue weighted by atomic mass is 16.5. The molecule has 5 unspecified atom stereocenters. The summed E-state index contributed by atoms with van der Waals surface area (Å²) in [5.41, 5.74) is 3.11. The summed E-state index contributed by atoms with van der Waals surface area (Å²) in [5.74, 6) is 0.775. The van der Waals surface area contributed by atoms with Crippen molar-refractivity contribution in [3.05, 3.63) is 65.2 Å². The number of amides is 1. The number of piperidine rings is 1. The van der Waals surface area contributed by atoms with Crippen LogP contribution < -0.4 is 0 Å². The van der Waals surface area contributed by atoms with E-state index in [2.05, 4.69) is 22.8 Å². The predicted octanol–water partition coefficient (Wildman–Crippen LogP) is 3.35. The number of rotatable bonds is 2. The zero-order chi connectivity index (χ0) is 21.7. The molecule has 2 aliphatic carbocycles. The van der Waals surface area contributed by atoms with E-state index in [1.54, 1.807) is 0 Å². The Balaban J connectivity index is 1.38. The predicted molar refractivity (Wildman–Crippen MR) is 121 cm³/mol. The minimum atomic E-state index is -0.199. The summed E-state index contributed by atoms with van der Waals surface area (Å²) in [5, 5.41) is 10.5. The number of likely N-dealkylation sites (N-methyl/N-ethyl adjacent to an activating group) is 1. The van der Waals surface area contributed by atoms with Gasteiger partial charge >= 0.3 is 0 Å². The van der Waals surface area contributed by atoms with Crippen molar-refractivity contribution in [2.45, 2.75) is 61.8 Å². The molecule has 4 bridgehead atoms. The van der Waals surface area contributed by atoms with Gasteiger partial charge < -0.3 is 14.7 Å². The average molecular weight is 431 g/mol. The maximum Gasteiger partial charge on any atom is 0.254 e. The minimum absolute atomic E-state index is 0.0720. The van der Waals surface area contributed by atoms with Crippen molar-refractivity contribution in [2.75, 3.05) is 19.6 Å². The van der Waals surface area contributed by atoms with Gasteiger partial charge in [0.05, 0.1) is 11.7 Å². The molecule has 2 aromatic rings. The molecule has 3 heterocycles. The first-order chi connectivity index (χ1) is 15.6. The lowest BCUT2D eigenvalue weighted by molar-refractivity contribution is -0.169. The van der Waals surface area contributed by atoms with Crippen LogP contribution in [0.3, 0.4) is 0 Å². The number of ether oxygens (including phenoxy) is 1. The van der Waals surface area contributed by atoms with Crippen LogP contribution in [0.1, 0.15) is 47.7 Å². The van der Waals surface area contributed by atoms with Gasteiger partial charge in [-0.05, 0) is 74.2 Å². The lowest BCUT2D eigenvalue weighted by atomic mass is 9.46. The lowest BCUT2D eigenvalue weighted by Gasteiger charge is -2.64. The Hall–Kier alpha value is -2.37. The van der Waals surface area contributed by atoms with Crippen LogP contribution in [0.2, 0.25) is 0 Å². The number of phenols is 1. The Morgan fingerprint density at radius 2 is 2.03 bits per heavy atom. The van der Waals surface area contributed by atoms with E-state index in [9.17, 15) is 9.90 Å². The third kappa shape index (κ3) is 2.10. The van der Waals surface area contributed by atoms with Crippen LogP contribution >= 0.6 is 0 Å². The highest BCUT2D eigenvalue weighted by Gasteiger charge is 2.77. The average Bonchev–Trinajstić information content (AvgIpc) is 3.26. The molecule has 4 fully saturated rings. The van der Waals surface area contributed by atoms with Crippen LogP contribution in [0.4, 0.5) is 0 Å². The van der Waals surface area contributed by atoms with Crippen molar-refractivity contribution >= 4 is 5.91 Å². The minimum Gasteiger partial charge on any atom is -0.508 e. The maximum atomic E-state index is 13.5. The van der Waals surface area contributed by atoms with Gasteiger partial charge in [0.2, 0.25) is 0 Å². The summed E-state index contributed by atoms with van der Waals surface area (Å²) in [6, 6.07) is 16.3. The fourth-order valence-electron chi connectivity index (χ4n) is 8.53. The second-order valence-corrected chi connectivity index (χ2v) is 10.4. The highest BCUT2D eigenvalue weighted by molar-refractivity contribution is 5.94. The number of benzene rings is 2. The molecule has 1 N–H and O–H groups in total. The summed E-state index contributed by atoms with van der Waals surface area (Å²) >= 11 is 0. The Kier molecular flexibility index (Phi) is 3.80. The smallest absolute Gasteiger partial charge is 0.254 e. The van der Waals surface area contributed by atoms with Crippen molar-refractivity contribution in [1.29, 1.82) is 0 Å². The summed E-state index contributed by atoms with van der Waals surface area (Å²) in [6.07, 6.45) is 4.09. The first-order valence-electron chi connectivity index (χ1n) is 12.2. The number of carbonyl (C=O) groups excluding carboxylic acids is 1. The Labute approximate surface area is 189 Å². The number of phenolic OH excluding ortho intramolecular Hbond substituents is 1. The standard InChI is InChI=1S/C27H30N2O3/c1-2-28-13-12-26-20-15-19(30)9-8-18(20)14-23(28)27(26)11-10-21-24(26)22(32-27)16-29(21)25(31)17-6-4-3-5-7-17/h3-9,15,21-24,30H,2,10-14,16H2,1H3/t21?,22-,23?,24?,26?,27?/m1/s1. The van der Waals surface area contributed by atoms with E-state index in [0.29, 0.717) is 24.3 Å². The van der Waals surface area contributed by atoms with Crippen LogP contribution in [-0.2, 0) is 16.6 Å². The van der Waals surface area contributed by atoms with Gasteiger partial charge in [-0.1, -0.05) is 31.2 Å². The first kappa shape index (κ1) is 19.1. The molecule has 7 rings (SSSR count). The molecule has 2 aromatic carbocycles. The van der Waals surface area contributed by atoms with E-state index in [4.69, 9.17) is 4.74 Å². The van der Waals surface area contributed by atoms with Crippen LogP contribution in [0, 0.1) is 5.92 Å². The molecule has 166 valence electrons. The van der Waals surface area contributed by atoms with Crippen LogP contribution in [0.5, 0.6) is 5.75 Å². The van der Waals surface area contributed by atoms with Gasteiger partial charge in [0, 0.05) is 35.5 Å². The monoisotopic (exact) mass is 430 g/mol. The zero-order valence-corrected chi connectivity index (χ0v) is 18.5. The number of hydrogen-bond donors (Lipinski definition) is 1. The van der Waals surface area contributed by atoms with Crippen molar-refractivity contribution < 1.29 is 14.6 Å². The Morgan fingerprint density at radius 3 is 2.84 bits per heavy atom. The maximum absolute atomic E-state index is 13.5. The van der Waals surface area contributed by atoms with Crippen molar-refractivity contribution in [3.63, 3.8) is 0 Å². The number of hydrogen-bond acceptors (Lipinski definition) is 4. The fourth-order valence-corrected chi connectivity index (χ4v) is 8.53. The molecule has 1 saturated carbocycles. The highest BCUT2D eigenvalue weighted by Crippen LogP contribution is 2.69. The summed E-state index contributed by atoms with van der Waals surface area (Å²) in [6.45, 7) is 5.04. The summed E-state index contributed by atoms with van der Waals surface area (Å²) in [4.78, 5) is 18.3. The Bertz CT molecular complexity index is 1100. The molecular formula is C27H30N2O3. The van der Waals surface area contributed by atoms with Gasteiger partial charge in [0.15, 0.2) is 0 Å². The fraction of sp³-hybridized carbons (Fsp3) is 0.519. The molecule has 5 heteroatoms. The molecule has 32 heavy (non-hydrogen) atoms. The zero-order valence-electron chi connectivity index (χ0n) is 18.5. The molecule has 0 aromatic heterocycles. The Morgan fingerprint density at radius 1 is 1.19 bits per heavy atom. The van der Waals surface area contributed by atoms with Crippen molar-refractivity contribution in [1.82, 2.24) is 9.80 Å². The van der Waals surface area contributed by atoms with Gasteiger partial charge in [0.25, 0.3) is 5.91 Å². The SMILES string of the molecule is CCN1CCC23c4cc(O)ccc4CC1C21CCC2C3[C@@H](CN2C(=O)c2ccccc2)O1. The van der Waals surface area contributed by atoms with E-state index in [0.717, 1.165) is 44.3 Å². The van der Waals surface area contributed by atoms with E-state index in [1.165, 1.54) is 11.1 Å². The van der Waals surface area contributed by atoms with Crippen LogP contribution in [0.15, 0.2) is 48.5 Å². The number of fused-ring (bicyclic) bond motifs is 1. The van der Waals surface area contributed by atoms with E-state index >= 15 is 0 Å². The number of likely N-dealkylation sites (tertiary alicyclic amines) is 2.